The minimum Gasteiger partial charge on any atom is -0.491 e. The number of carbonyl (C=O) groups excluding carboxylic acids is 1. The van der Waals surface area contributed by atoms with Gasteiger partial charge in [-0.15, -0.1) is 0 Å². The summed E-state index contributed by atoms with van der Waals surface area (Å²) in [6, 6.07) is 13.1. The normalized spacial score (nSPS) is 11.8. The number of aliphatic hydroxyl groups excluding tert-OH is 1. The first-order valence-electron chi connectivity index (χ1n) is 7.54. The molecule has 1 amide bonds. The third-order valence-electron chi connectivity index (χ3n) is 3.14. The predicted molar refractivity (Wildman–Crippen MR) is 88.3 cm³/mol. The number of ether oxygens (including phenoxy) is 2. The number of halogens is 1. The molecule has 0 saturated heterocycles. The van der Waals surface area contributed by atoms with Gasteiger partial charge in [0.25, 0.3) is 0 Å². The molecule has 0 bridgehead atoms. The van der Waals surface area contributed by atoms with Gasteiger partial charge >= 0.3 is 0 Å². The van der Waals surface area contributed by atoms with Crippen LogP contribution in [0.4, 0.5) is 10.1 Å². The number of amides is 1. The maximum Gasteiger partial charge on any atom is 0.221 e. The Kier molecular flexibility index (Phi) is 6.72. The third-order valence-corrected chi connectivity index (χ3v) is 3.14. The molecule has 2 rings (SSSR count). The maximum atomic E-state index is 13.4. The van der Waals surface area contributed by atoms with Crippen molar-refractivity contribution < 1.29 is 23.8 Å². The lowest BCUT2D eigenvalue weighted by Crippen LogP contribution is -2.23. The lowest BCUT2D eigenvalue weighted by Gasteiger charge is -2.13. The lowest BCUT2D eigenvalue weighted by atomic mass is 10.2. The molecule has 0 fully saturated rings. The Bertz CT molecular complexity index is 660. The number of benzene rings is 2. The molecule has 0 aromatic heterocycles. The van der Waals surface area contributed by atoms with E-state index in [1.807, 2.05) is 0 Å². The third kappa shape index (κ3) is 5.98. The van der Waals surface area contributed by atoms with E-state index in [9.17, 15) is 14.3 Å². The molecule has 0 heterocycles. The minimum absolute atomic E-state index is 0.0400. The van der Waals surface area contributed by atoms with Crippen LogP contribution in [-0.2, 0) is 16.1 Å². The SMILES string of the molecule is CC(=O)Nc1ccc(OC[C@H](O)COCc2ccccc2F)cc1. The van der Waals surface area contributed by atoms with E-state index in [1.165, 1.54) is 13.0 Å². The first-order chi connectivity index (χ1) is 11.5. The molecule has 2 aromatic carbocycles. The van der Waals surface area contributed by atoms with Gasteiger partial charge in [0, 0.05) is 18.2 Å². The summed E-state index contributed by atoms with van der Waals surface area (Å²) in [5.41, 5.74) is 1.11. The highest BCUT2D eigenvalue weighted by atomic mass is 19.1. The molecule has 1 atom stereocenters. The Morgan fingerprint density at radius 2 is 1.88 bits per heavy atom. The van der Waals surface area contributed by atoms with Crippen LogP contribution in [-0.4, -0.2) is 30.3 Å². The lowest BCUT2D eigenvalue weighted by molar-refractivity contribution is -0.114. The summed E-state index contributed by atoms with van der Waals surface area (Å²) < 4.78 is 24.1. The van der Waals surface area contributed by atoms with E-state index in [4.69, 9.17) is 9.47 Å². The van der Waals surface area contributed by atoms with E-state index in [0.29, 0.717) is 17.0 Å². The van der Waals surface area contributed by atoms with E-state index >= 15 is 0 Å². The van der Waals surface area contributed by atoms with Crippen LogP contribution in [0.2, 0.25) is 0 Å². The minimum atomic E-state index is -0.827. The van der Waals surface area contributed by atoms with Gasteiger partial charge in [-0.25, -0.2) is 4.39 Å². The topological polar surface area (TPSA) is 67.8 Å². The Labute approximate surface area is 140 Å². The molecule has 0 aliphatic rings. The molecule has 2 aromatic rings. The monoisotopic (exact) mass is 333 g/mol. The molecule has 0 aliphatic carbocycles. The van der Waals surface area contributed by atoms with Crippen molar-refractivity contribution in [1.29, 1.82) is 0 Å². The zero-order valence-electron chi connectivity index (χ0n) is 13.4. The maximum absolute atomic E-state index is 13.4. The summed E-state index contributed by atoms with van der Waals surface area (Å²) in [5, 5.41) is 12.5. The zero-order valence-corrected chi connectivity index (χ0v) is 13.4. The van der Waals surface area contributed by atoms with Crippen LogP contribution < -0.4 is 10.1 Å². The summed E-state index contributed by atoms with van der Waals surface area (Å²) in [5.74, 6) is 0.0887. The second-order valence-electron chi connectivity index (χ2n) is 5.28. The molecule has 0 unspecified atom stereocenters. The molecule has 0 aliphatic heterocycles. The average Bonchev–Trinajstić information content (AvgIpc) is 2.55. The van der Waals surface area contributed by atoms with Crippen LogP contribution >= 0.6 is 0 Å². The van der Waals surface area contributed by atoms with E-state index in [1.54, 1.807) is 42.5 Å². The highest BCUT2D eigenvalue weighted by Crippen LogP contribution is 2.16. The molecule has 0 saturated carbocycles. The van der Waals surface area contributed by atoms with E-state index in [-0.39, 0.29) is 31.5 Å². The summed E-state index contributed by atoms with van der Waals surface area (Å²) in [6.07, 6.45) is -0.827. The van der Waals surface area contributed by atoms with Gasteiger partial charge in [0.05, 0.1) is 13.2 Å². The van der Waals surface area contributed by atoms with Gasteiger partial charge in [-0.3, -0.25) is 4.79 Å². The van der Waals surface area contributed by atoms with Gasteiger partial charge in [-0.2, -0.15) is 0 Å². The predicted octanol–water partition coefficient (Wildman–Crippen LogP) is 2.74. The summed E-state index contributed by atoms with van der Waals surface area (Å²) >= 11 is 0. The van der Waals surface area contributed by atoms with Crippen molar-refractivity contribution in [1.82, 2.24) is 0 Å². The van der Waals surface area contributed by atoms with Gasteiger partial charge in [0.1, 0.15) is 24.3 Å². The average molecular weight is 333 g/mol. The number of anilines is 1. The second kappa shape index (κ2) is 9.00. The van der Waals surface area contributed by atoms with E-state index in [2.05, 4.69) is 5.32 Å². The second-order valence-corrected chi connectivity index (χ2v) is 5.28. The molecule has 24 heavy (non-hydrogen) atoms. The molecule has 128 valence electrons. The Hall–Kier alpha value is -2.44. The van der Waals surface area contributed by atoms with Crippen molar-refractivity contribution in [2.24, 2.45) is 0 Å². The molecule has 6 heteroatoms. The van der Waals surface area contributed by atoms with Crippen LogP contribution in [0.15, 0.2) is 48.5 Å². The van der Waals surface area contributed by atoms with Gasteiger partial charge in [-0.1, -0.05) is 18.2 Å². The molecule has 2 N–H and O–H groups in total. The van der Waals surface area contributed by atoms with Crippen LogP contribution in [0.25, 0.3) is 0 Å². The Balaban J connectivity index is 1.70. The molecular weight excluding hydrogens is 313 g/mol. The summed E-state index contributed by atoms with van der Waals surface area (Å²) in [4.78, 5) is 10.9. The van der Waals surface area contributed by atoms with E-state index in [0.717, 1.165) is 0 Å². The number of hydrogen-bond acceptors (Lipinski definition) is 4. The smallest absolute Gasteiger partial charge is 0.221 e. The van der Waals surface area contributed by atoms with Gasteiger partial charge in [0.15, 0.2) is 0 Å². The highest BCUT2D eigenvalue weighted by Gasteiger charge is 2.07. The first kappa shape index (κ1) is 17.9. The van der Waals surface area contributed by atoms with Crippen molar-refractivity contribution in [3.05, 3.63) is 59.9 Å². The van der Waals surface area contributed by atoms with Crippen molar-refractivity contribution in [3.63, 3.8) is 0 Å². The van der Waals surface area contributed by atoms with Crippen molar-refractivity contribution in [3.8, 4) is 5.75 Å². The molecule has 0 radical (unpaired) electrons. The van der Waals surface area contributed by atoms with Crippen LogP contribution in [0.1, 0.15) is 12.5 Å². The van der Waals surface area contributed by atoms with Crippen molar-refractivity contribution in [2.45, 2.75) is 19.6 Å². The highest BCUT2D eigenvalue weighted by molar-refractivity contribution is 5.88. The summed E-state index contributed by atoms with van der Waals surface area (Å²) in [6.45, 7) is 1.62. The fourth-order valence-electron chi connectivity index (χ4n) is 2.00. The zero-order chi connectivity index (χ0) is 17.4. The van der Waals surface area contributed by atoms with Crippen LogP contribution in [0.3, 0.4) is 0 Å². The summed E-state index contributed by atoms with van der Waals surface area (Å²) in [7, 11) is 0. The van der Waals surface area contributed by atoms with Crippen molar-refractivity contribution in [2.75, 3.05) is 18.5 Å². The fourth-order valence-corrected chi connectivity index (χ4v) is 2.00. The molecule has 0 spiro atoms. The fraction of sp³-hybridized carbons (Fsp3) is 0.278. The van der Waals surface area contributed by atoms with Gasteiger partial charge in [0.2, 0.25) is 5.91 Å². The number of rotatable bonds is 8. The Morgan fingerprint density at radius 1 is 1.17 bits per heavy atom. The van der Waals surface area contributed by atoms with Gasteiger partial charge in [-0.05, 0) is 30.3 Å². The van der Waals surface area contributed by atoms with Crippen LogP contribution in [0.5, 0.6) is 5.75 Å². The van der Waals surface area contributed by atoms with Crippen molar-refractivity contribution >= 4 is 11.6 Å². The molecule has 5 nitrogen and oxygen atoms in total. The number of carbonyl (C=O) groups is 1. The largest absolute Gasteiger partial charge is 0.491 e. The standard InChI is InChI=1S/C18H20FNO4/c1-13(21)20-15-6-8-17(9-7-15)24-12-16(22)11-23-10-14-4-2-3-5-18(14)19/h2-9,16,22H,10-12H2,1H3,(H,20,21)/t16-/m1/s1. The van der Waals surface area contributed by atoms with Crippen LogP contribution in [0, 0.1) is 5.82 Å². The Morgan fingerprint density at radius 3 is 2.54 bits per heavy atom. The quantitative estimate of drug-likeness (QED) is 0.779. The number of hydrogen-bond donors (Lipinski definition) is 2. The van der Waals surface area contributed by atoms with Gasteiger partial charge < -0.3 is 19.9 Å². The first-order valence-corrected chi connectivity index (χ1v) is 7.54. The van der Waals surface area contributed by atoms with E-state index < -0.39 is 6.10 Å². The molecular formula is C18H20FNO4. The number of nitrogens with one attached hydrogen (secondary N) is 1. The number of aliphatic hydroxyl groups is 1.